The molecule has 2 atom stereocenters. The van der Waals surface area contributed by atoms with Gasteiger partial charge in [0, 0.05) is 12.1 Å². The number of benzene rings is 2. The van der Waals surface area contributed by atoms with E-state index in [1.54, 1.807) is 0 Å². The molecule has 2 aromatic rings. The zero-order valence-electron chi connectivity index (χ0n) is 13.0. The summed E-state index contributed by atoms with van der Waals surface area (Å²) in [6.07, 6.45) is 1.10. The lowest BCUT2D eigenvalue weighted by atomic mass is 10.00. The Morgan fingerprint density at radius 3 is 1.70 bits per heavy atom. The summed E-state index contributed by atoms with van der Waals surface area (Å²) in [5, 5.41) is 3.74. The van der Waals surface area contributed by atoms with E-state index in [1.807, 2.05) is 0 Å². The third-order valence-electron chi connectivity index (χ3n) is 3.92. The Morgan fingerprint density at radius 1 is 0.800 bits per heavy atom. The van der Waals surface area contributed by atoms with Gasteiger partial charge in [-0.3, -0.25) is 0 Å². The molecule has 0 radical (unpaired) electrons. The SMILES string of the molecule is CCC(N[C@@H](C)c1ccc(C)cc1)c1ccc(C)cc1. The Balaban J connectivity index is 2.09. The summed E-state index contributed by atoms with van der Waals surface area (Å²) in [5.74, 6) is 0. The highest BCUT2D eigenvalue weighted by Crippen LogP contribution is 2.22. The van der Waals surface area contributed by atoms with Gasteiger partial charge in [-0.05, 0) is 38.3 Å². The van der Waals surface area contributed by atoms with Crippen LogP contribution in [0, 0.1) is 13.8 Å². The summed E-state index contributed by atoms with van der Waals surface area (Å²) in [4.78, 5) is 0. The molecule has 1 heteroatoms. The van der Waals surface area contributed by atoms with Crippen molar-refractivity contribution in [2.45, 2.75) is 46.2 Å². The highest BCUT2D eigenvalue weighted by atomic mass is 14.9. The Kier molecular flexibility index (Phi) is 4.97. The van der Waals surface area contributed by atoms with E-state index in [-0.39, 0.29) is 0 Å². The topological polar surface area (TPSA) is 12.0 Å². The smallest absolute Gasteiger partial charge is 0.0323 e. The zero-order valence-corrected chi connectivity index (χ0v) is 13.0. The molecule has 1 unspecified atom stereocenters. The summed E-state index contributed by atoms with van der Waals surface area (Å²) in [6.45, 7) is 8.73. The Bertz CT molecular complexity index is 525. The zero-order chi connectivity index (χ0) is 14.5. The molecular weight excluding hydrogens is 242 g/mol. The molecule has 0 spiro atoms. The van der Waals surface area contributed by atoms with Crippen LogP contribution in [0.5, 0.6) is 0 Å². The van der Waals surface area contributed by atoms with E-state index in [0.29, 0.717) is 12.1 Å². The van der Waals surface area contributed by atoms with E-state index in [1.165, 1.54) is 22.3 Å². The van der Waals surface area contributed by atoms with Gasteiger partial charge in [0.15, 0.2) is 0 Å². The minimum absolute atomic E-state index is 0.363. The molecule has 2 rings (SSSR count). The van der Waals surface area contributed by atoms with E-state index in [9.17, 15) is 0 Å². The molecule has 1 N–H and O–H groups in total. The summed E-state index contributed by atoms with van der Waals surface area (Å²) in [5.41, 5.74) is 5.35. The molecule has 0 saturated heterocycles. The van der Waals surface area contributed by atoms with Gasteiger partial charge in [0.2, 0.25) is 0 Å². The lowest BCUT2D eigenvalue weighted by Gasteiger charge is -2.23. The van der Waals surface area contributed by atoms with Gasteiger partial charge in [-0.2, -0.15) is 0 Å². The van der Waals surface area contributed by atoms with Crippen LogP contribution in [0.3, 0.4) is 0 Å². The Morgan fingerprint density at radius 2 is 1.25 bits per heavy atom. The Labute approximate surface area is 123 Å². The van der Waals surface area contributed by atoms with Crippen molar-refractivity contribution in [3.63, 3.8) is 0 Å². The minimum Gasteiger partial charge on any atom is -0.303 e. The first-order valence-electron chi connectivity index (χ1n) is 7.49. The van der Waals surface area contributed by atoms with Crippen molar-refractivity contribution in [3.05, 3.63) is 70.8 Å². The van der Waals surface area contributed by atoms with Crippen molar-refractivity contribution in [1.29, 1.82) is 0 Å². The van der Waals surface area contributed by atoms with Gasteiger partial charge in [-0.1, -0.05) is 66.6 Å². The number of aryl methyl sites for hydroxylation is 2. The minimum atomic E-state index is 0.363. The second-order valence-corrected chi connectivity index (χ2v) is 5.67. The third-order valence-corrected chi connectivity index (χ3v) is 3.92. The average Bonchev–Trinajstić information content (AvgIpc) is 2.46. The lowest BCUT2D eigenvalue weighted by Crippen LogP contribution is -2.24. The summed E-state index contributed by atoms with van der Waals surface area (Å²) in [7, 11) is 0. The lowest BCUT2D eigenvalue weighted by molar-refractivity contribution is 0.456. The van der Waals surface area contributed by atoms with Crippen LogP contribution in [0.15, 0.2) is 48.5 Å². The standard InChI is InChI=1S/C19H25N/c1-5-19(18-12-8-15(3)9-13-18)20-16(4)17-10-6-14(2)7-11-17/h6-13,16,19-20H,5H2,1-4H3/t16-,19?/m0/s1. The van der Waals surface area contributed by atoms with Crippen molar-refractivity contribution >= 4 is 0 Å². The van der Waals surface area contributed by atoms with E-state index >= 15 is 0 Å². The summed E-state index contributed by atoms with van der Waals surface area (Å²) in [6, 6.07) is 18.4. The van der Waals surface area contributed by atoms with Crippen LogP contribution >= 0.6 is 0 Å². The van der Waals surface area contributed by atoms with E-state index in [4.69, 9.17) is 0 Å². The Hall–Kier alpha value is -1.60. The predicted octanol–water partition coefficient (Wildman–Crippen LogP) is 5.11. The molecule has 0 bridgehead atoms. The number of hydrogen-bond donors (Lipinski definition) is 1. The van der Waals surface area contributed by atoms with Crippen LogP contribution in [0.25, 0.3) is 0 Å². The van der Waals surface area contributed by atoms with Gasteiger partial charge in [-0.15, -0.1) is 0 Å². The van der Waals surface area contributed by atoms with Gasteiger partial charge in [0.1, 0.15) is 0 Å². The van der Waals surface area contributed by atoms with E-state index in [2.05, 4.69) is 81.5 Å². The normalized spacial score (nSPS) is 14.0. The van der Waals surface area contributed by atoms with Crippen molar-refractivity contribution in [2.24, 2.45) is 0 Å². The number of nitrogens with one attached hydrogen (secondary N) is 1. The molecule has 0 heterocycles. The number of rotatable bonds is 5. The molecule has 0 saturated carbocycles. The van der Waals surface area contributed by atoms with Crippen molar-refractivity contribution in [3.8, 4) is 0 Å². The monoisotopic (exact) mass is 267 g/mol. The maximum atomic E-state index is 3.74. The summed E-state index contributed by atoms with van der Waals surface area (Å²) < 4.78 is 0. The van der Waals surface area contributed by atoms with Crippen LogP contribution in [0.1, 0.15) is 54.6 Å². The number of hydrogen-bond acceptors (Lipinski definition) is 1. The highest BCUT2D eigenvalue weighted by molar-refractivity contribution is 5.26. The highest BCUT2D eigenvalue weighted by Gasteiger charge is 2.13. The second kappa shape index (κ2) is 6.71. The van der Waals surface area contributed by atoms with Crippen LogP contribution in [-0.4, -0.2) is 0 Å². The van der Waals surface area contributed by atoms with Crippen LogP contribution in [0.2, 0.25) is 0 Å². The molecule has 0 aliphatic rings. The first-order valence-corrected chi connectivity index (χ1v) is 7.49. The molecule has 0 aromatic heterocycles. The van der Waals surface area contributed by atoms with Crippen LogP contribution < -0.4 is 5.32 Å². The molecule has 0 fully saturated rings. The molecule has 0 amide bonds. The largest absolute Gasteiger partial charge is 0.303 e. The fourth-order valence-corrected chi connectivity index (χ4v) is 2.50. The van der Waals surface area contributed by atoms with E-state index in [0.717, 1.165) is 6.42 Å². The second-order valence-electron chi connectivity index (χ2n) is 5.67. The van der Waals surface area contributed by atoms with E-state index < -0.39 is 0 Å². The third kappa shape index (κ3) is 3.71. The van der Waals surface area contributed by atoms with Crippen LogP contribution in [0.4, 0.5) is 0 Å². The maximum absolute atomic E-state index is 3.74. The van der Waals surface area contributed by atoms with Gasteiger partial charge in [-0.25, -0.2) is 0 Å². The molecule has 2 aromatic carbocycles. The fraction of sp³-hybridized carbons (Fsp3) is 0.368. The fourth-order valence-electron chi connectivity index (χ4n) is 2.50. The van der Waals surface area contributed by atoms with Gasteiger partial charge in [0.25, 0.3) is 0 Å². The molecular formula is C19H25N. The predicted molar refractivity (Wildman–Crippen MR) is 86.9 cm³/mol. The molecule has 0 aliphatic carbocycles. The van der Waals surface area contributed by atoms with Gasteiger partial charge >= 0.3 is 0 Å². The van der Waals surface area contributed by atoms with Crippen molar-refractivity contribution in [1.82, 2.24) is 5.32 Å². The van der Waals surface area contributed by atoms with Crippen LogP contribution in [-0.2, 0) is 0 Å². The molecule has 20 heavy (non-hydrogen) atoms. The molecule has 106 valence electrons. The maximum Gasteiger partial charge on any atom is 0.0323 e. The van der Waals surface area contributed by atoms with Gasteiger partial charge < -0.3 is 5.32 Å². The molecule has 0 aliphatic heterocycles. The van der Waals surface area contributed by atoms with Crippen molar-refractivity contribution in [2.75, 3.05) is 0 Å². The summed E-state index contributed by atoms with van der Waals surface area (Å²) >= 11 is 0. The average molecular weight is 267 g/mol. The first kappa shape index (κ1) is 14.8. The molecule has 1 nitrogen and oxygen atoms in total. The van der Waals surface area contributed by atoms with Gasteiger partial charge in [0.05, 0.1) is 0 Å². The van der Waals surface area contributed by atoms with Crippen molar-refractivity contribution < 1.29 is 0 Å². The first-order chi connectivity index (χ1) is 9.60. The quantitative estimate of drug-likeness (QED) is 0.794.